The SMILES string of the molecule is Cc1sc2ncnc(N[C@H](C)C(=O)NCc3ccc(F)cc3)c2c1C. The van der Waals surface area contributed by atoms with Gasteiger partial charge in [0.1, 0.15) is 28.8 Å². The van der Waals surface area contributed by atoms with Crippen LogP contribution in [-0.4, -0.2) is 21.9 Å². The number of aromatic nitrogens is 2. The molecule has 5 nitrogen and oxygen atoms in total. The normalized spacial score (nSPS) is 12.2. The molecule has 3 rings (SSSR count). The van der Waals surface area contributed by atoms with Crippen molar-refractivity contribution in [2.45, 2.75) is 33.4 Å². The molecule has 1 amide bonds. The van der Waals surface area contributed by atoms with Crippen molar-refractivity contribution in [1.82, 2.24) is 15.3 Å². The van der Waals surface area contributed by atoms with Crippen molar-refractivity contribution in [3.63, 3.8) is 0 Å². The number of aryl methyl sites for hydroxylation is 2. The fraction of sp³-hybridized carbons (Fsp3) is 0.278. The smallest absolute Gasteiger partial charge is 0.242 e. The summed E-state index contributed by atoms with van der Waals surface area (Å²) in [7, 11) is 0. The summed E-state index contributed by atoms with van der Waals surface area (Å²) in [5.74, 6) is 0.219. The van der Waals surface area contributed by atoms with Crippen LogP contribution < -0.4 is 10.6 Å². The van der Waals surface area contributed by atoms with E-state index in [2.05, 4.69) is 20.6 Å². The number of thiophene rings is 1. The molecule has 2 heterocycles. The lowest BCUT2D eigenvalue weighted by atomic mass is 10.2. The molecule has 0 saturated carbocycles. The number of benzene rings is 1. The summed E-state index contributed by atoms with van der Waals surface area (Å²) in [4.78, 5) is 23.0. The number of rotatable bonds is 5. The van der Waals surface area contributed by atoms with Gasteiger partial charge in [0.15, 0.2) is 0 Å². The highest BCUT2D eigenvalue weighted by Crippen LogP contribution is 2.32. The third-order valence-corrected chi connectivity index (χ3v) is 5.21. The number of fused-ring (bicyclic) bond motifs is 1. The highest BCUT2D eigenvalue weighted by Gasteiger charge is 2.17. The minimum Gasteiger partial charge on any atom is -0.358 e. The van der Waals surface area contributed by atoms with E-state index >= 15 is 0 Å². The van der Waals surface area contributed by atoms with Crippen LogP contribution in [0.1, 0.15) is 22.9 Å². The number of nitrogens with zero attached hydrogens (tertiary/aromatic N) is 2. The van der Waals surface area contributed by atoms with E-state index < -0.39 is 6.04 Å². The first-order valence-electron chi connectivity index (χ1n) is 7.95. The average Bonchev–Trinajstić information content (AvgIpc) is 2.89. The number of carbonyl (C=O) groups is 1. The molecular weight excluding hydrogens is 339 g/mol. The van der Waals surface area contributed by atoms with Gasteiger partial charge in [0.25, 0.3) is 0 Å². The minimum atomic E-state index is -0.460. The molecule has 2 N–H and O–H groups in total. The monoisotopic (exact) mass is 358 g/mol. The van der Waals surface area contributed by atoms with E-state index in [0.717, 1.165) is 21.3 Å². The van der Waals surface area contributed by atoms with Crippen LogP contribution in [0, 0.1) is 19.7 Å². The number of amides is 1. The maximum absolute atomic E-state index is 12.9. The lowest BCUT2D eigenvalue weighted by molar-refractivity contribution is -0.121. The second kappa shape index (κ2) is 7.14. The van der Waals surface area contributed by atoms with Crippen molar-refractivity contribution in [3.8, 4) is 0 Å². The number of nitrogens with one attached hydrogen (secondary N) is 2. The Morgan fingerprint density at radius 3 is 2.68 bits per heavy atom. The average molecular weight is 358 g/mol. The van der Waals surface area contributed by atoms with Crippen LogP contribution in [0.3, 0.4) is 0 Å². The molecule has 0 aliphatic carbocycles. The Bertz CT molecular complexity index is 907. The molecule has 1 atom stereocenters. The topological polar surface area (TPSA) is 66.9 Å². The molecule has 3 aromatic rings. The van der Waals surface area contributed by atoms with Gasteiger partial charge in [0, 0.05) is 11.4 Å². The lowest BCUT2D eigenvalue weighted by Crippen LogP contribution is -2.37. The third-order valence-electron chi connectivity index (χ3n) is 4.09. The minimum absolute atomic E-state index is 0.152. The fourth-order valence-corrected chi connectivity index (χ4v) is 3.50. The zero-order valence-electron chi connectivity index (χ0n) is 14.3. The van der Waals surface area contributed by atoms with Crippen molar-refractivity contribution in [3.05, 3.63) is 52.4 Å². The molecule has 25 heavy (non-hydrogen) atoms. The van der Waals surface area contributed by atoms with Gasteiger partial charge >= 0.3 is 0 Å². The Kier molecular flexibility index (Phi) is 4.94. The summed E-state index contributed by atoms with van der Waals surface area (Å²) in [6.07, 6.45) is 1.50. The molecule has 7 heteroatoms. The predicted octanol–water partition coefficient (Wildman–Crippen LogP) is 3.56. The molecule has 0 bridgehead atoms. The summed E-state index contributed by atoms with van der Waals surface area (Å²) < 4.78 is 12.9. The van der Waals surface area contributed by atoms with Gasteiger partial charge in [0.05, 0.1) is 5.39 Å². The van der Waals surface area contributed by atoms with Crippen LogP contribution in [0.15, 0.2) is 30.6 Å². The largest absolute Gasteiger partial charge is 0.358 e. The molecule has 0 spiro atoms. The quantitative estimate of drug-likeness (QED) is 0.732. The molecular formula is C18H19FN4OS. The van der Waals surface area contributed by atoms with Crippen LogP contribution in [0.2, 0.25) is 0 Å². The second-order valence-corrected chi connectivity index (χ2v) is 7.10. The van der Waals surface area contributed by atoms with Gasteiger partial charge in [-0.1, -0.05) is 12.1 Å². The van der Waals surface area contributed by atoms with Crippen LogP contribution in [0.25, 0.3) is 10.2 Å². The van der Waals surface area contributed by atoms with Gasteiger partial charge in [-0.15, -0.1) is 11.3 Å². The number of anilines is 1. The lowest BCUT2D eigenvalue weighted by Gasteiger charge is -2.15. The summed E-state index contributed by atoms with van der Waals surface area (Å²) in [5, 5.41) is 6.97. The molecule has 1 aromatic carbocycles. The van der Waals surface area contributed by atoms with Gasteiger partial charge in [-0.05, 0) is 44.0 Å². The number of halogens is 1. The molecule has 0 saturated heterocycles. The van der Waals surface area contributed by atoms with Crippen LogP contribution >= 0.6 is 11.3 Å². The number of hydrogen-bond donors (Lipinski definition) is 2. The van der Waals surface area contributed by atoms with Crippen molar-refractivity contribution in [2.75, 3.05) is 5.32 Å². The van der Waals surface area contributed by atoms with Gasteiger partial charge in [0.2, 0.25) is 5.91 Å². The van der Waals surface area contributed by atoms with Crippen molar-refractivity contribution >= 4 is 33.3 Å². The molecule has 0 radical (unpaired) electrons. The van der Waals surface area contributed by atoms with Crippen molar-refractivity contribution in [1.29, 1.82) is 0 Å². The highest BCUT2D eigenvalue weighted by molar-refractivity contribution is 7.18. The van der Waals surface area contributed by atoms with E-state index in [9.17, 15) is 9.18 Å². The van der Waals surface area contributed by atoms with Gasteiger partial charge in [-0.2, -0.15) is 0 Å². The number of carbonyl (C=O) groups excluding carboxylic acids is 1. The summed E-state index contributed by atoms with van der Waals surface area (Å²) in [5.41, 5.74) is 1.97. The Morgan fingerprint density at radius 2 is 1.96 bits per heavy atom. The Labute approximate surface area is 149 Å². The van der Waals surface area contributed by atoms with Gasteiger partial charge < -0.3 is 10.6 Å². The predicted molar refractivity (Wildman–Crippen MR) is 98.2 cm³/mol. The van der Waals surface area contributed by atoms with E-state index in [1.807, 2.05) is 13.8 Å². The first-order valence-corrected chi connectivity index (χ1v) is 8.76. The van der Waals surface area contributed by atoms with Crippen LogP contribution in [-0.2, 0) is 11.3 Å². The molecule has 2 aromatic heterocycles. The first-order chi connectivity index (χ1) is 12.0. The molecule has 0 unspecified atom stereocenters. The highest BCUT2D eigenvalue weighted by atomic mass is 32.1. The van der Waals surface area contributed by atoms with E-state index in [0.29, 0.717) is 12.4 Å². The Balaban J connectivity index is 1.68. The fourth-order valence-electron chi connectivity index (χ4n) is 2.51. The second-order valence-electron chi connectivity index (χ2n) is 5.90. The van der Waals surface area contributed by atoms with E-state index in [-0.39, 0.29) is 11.7 Å². The van der Waals surface area contributed by atoms with Crippen LogP contribution in [0.4, 0.5) is 10.2 Å². The number of hydrogen-bond acceptors (Lipinski definition) is 5. The van der Waals surface area contributed by atoms with Crippen molar-refractivity contribution in [2.24, 2.45) is 0 Å². The van der Waals surface area contributed by atoms with Gasteiger partial charge in [-0.3, -0.25) is 4.79 Å². The van der Waals surface area contributed by atoms with Crippen LogP contribution in [0.5, 0.6) is 0 Å². The molecule has 0 aliphatic heterocycles. The van der Waals surface area contributed by atoms with E-state index in [4.69, 9.17) is 0 Å². The summed E-state index contributed by atoms with van der Waals surface area (Å²) >= 11 is 1.61. The van der Waals surface area contributed by atoms with E-state index in [1.54, 1.807) is 30.4 Å². The Morgan fingerprint density at radius 1 is 1.24 bits per heavy atom. The van der Waals surface area contributed by atoms with E-state index in [1.165, 1.54) is 23.3 Å². The maximum Gasteiger partial charge on any atom is 0.242 e. The summed E-state index contributed by atoms with van der Waals surface area (Å²) in [6, 6.07) is 5.60. The summed E-state index contributed by atoms with van der Waals surface area (Å²) in [6.45, 7) is 6.20. The first kappa shape index (κ1) is 17.3. The maximum atomic E-state index is 12.9. The molecule has 0 aliphatic rings. The van der Waals surface area contributed by atoms with Crippen molar-refractivity contribution < 1.29 is 9.18 Å². The Hall–Kier alpha value is -2.54. The third kappa shape index (κ3) is 3.76. The standard InChI is InChI=1S/C18H19FN4OS/c1-10-12(3)25-18-15(10)16(21-9-22-18)23-11(2)17(24)20-8-13-4-6-14(19)7-5-13/h4-7,9,11H,8H2,1-3H3,(H,20,24)(H,21,22,23)/t11-/m1/s1. The molecule has 130 valence electrons. The zero-order valence-corrected chi connectivity index (χ0v) is 15.1. The zero-order chi connectivity index (χ0) is 18.0. The molecule has 0 fully saturated rings. The van der Waals surface area contributed by atoms with Gasteiger partial charge in [-0.25, -0.2) is 14.4 Å².